The van der Waals surface area contributed by atoms with Crippen molar-refractivity contribution in [1.82, 2.24) is 5.32 Å². The summed E-state index contributed by atoms with van der Waals surface area (Å²) in [5, 5.41) is 10.9. The van der Waals surface area contributed by atoms with Crippen LogP contribution in [-0.2, 0) is 0 Å². The van der Waals surface area contributed by atoms with E-state index in [2.05, 4.69) is 5.32 Å². The van der Waals surface area contributed by atoms with Gasteiger partial charge in [-0.2, -0.15) is 13.2 Å². The monoisotopic (exact) mass is 185 g/mol. The molecule has 0 saturated heterocycles. The smallest absolute Gasteiger partial charge is 0.396 e. The summed E-state index contributed by atoms with van der Waals surface area (Å²) in [6.45, 7) is 2.20. The van der Waals surface area contributed by atoms with E-state index in [1.807, 2.05) is 0 Å². The molecule has 0 aromatic carbocycles. The molecule has 2 N–H and O–H groups in total. The Bertz CT molecular complexity index is 126. The third kappa shape index (κ3) is 5.37. The average Bonchev–Trinajstić information content (AvgIpc) is 1.97. The van der Waals surface area contributed by atoms with Gasteiger partial charge in [-0.15, -0.1) is 0 Å². The highest BCUT2D eigenvalue weighted by molar-refractivity contribution is 4.69. The van der Waals surface area contributed by atoms with Crippen LogP contribution in [0.15, 0.2) is 0 Å². The van der Waals surface area contributed by atoms with Gasteiger partial charge in [0.05, 0.1) is 6.54 Å². The Hall–Kier alpha value is -0.290. The molecule has 0 bridgehead atoms. The second-order valence-electron chi connectivity index (χ2n) is 2.94. The molecule has 0 rings (SSSR count). The zero-order valence-electron chi connectivity index (χ0n) is 7.15. The van der Waals surface area contributed by atoms with Crippen molar-refractivity contribution >= 4 is 0 Å². The first kappa shape index (κ1) is 11.7. The van der Waals surface area contributed by atoms with Crippen molar-refractivity contribution in [2.24, 2.45) is 5.92 Å². The van der Waals surface area contributed by atoms with Gasteiger partial charge in [-0.1, -0.05) is 6.92 Å². The molecule has 0 aromatic heterocycles. The maximum atomic E-state index is 11.7. The Balaban J connectivity index is 3.64. The van der Waals surface area contributed by atoms with Crippen molar-refractivity contribution in [1.29, 1.82) is 0 Å². The van der Waals surface area contributed by atoms with Gasteiger partial charge in [0, 0.05) is 12.6 Å². The predicted molar refractivity (Wildman–Crippen MR) is 39.8 cm³/mol. The Morgan fingerprint density at radius 1 is 1.33 bits per heavy atom. The third-order valence-electron chi connectivity index (χ3n) is 1.77. The molecular weight excluding hydrogens is 171 g/mol. The minimum atomic E-state index is -4.18. The summed E-state index contributed by atoms with van der Waals surface area (Å²) in [7, 11) is 0. The number of halogens is 3. The van der Waals surface area contributed by atoms with Crippen LogP contribution in [0.1, 0.15) is 13.8 Å². The van der Waals surface area contributed by atoms with Crippen molar-refractivity contribution in [2.45, 2.75) is 26.1 Å². The minimum absolute atomic E-state index is 0.105. The van der Waals surface area contributed by atoms with Crippen LogP contribution in [0.3, 0.4) is 0 Å². The summed E-state index contributed by atoms with van der Waals surface area (Å²) in [6.07, 6.45) is -4.18. The number of hydrogen-bond donors (Lipinski definition) is 2. The molecule has 0 aliphatic rings. The van der Waals surface area contributed by atoms with Gasteiger partial charge in [0.2, 0.25) is 0 Å². The SMILES string of the molecule is CC(CO)C(C)NCC(F)(F)F. The molecule has 2 nitrogen and oxygen atoms in total. The van der Waals surface area contributed by atoms with E-state index in [0.717, 1.165) is 0 Å². The first-order valence-electron chi connectivity index (χ1n) is 3.78. The van der Waals surface area contributed by atoms with Crippen LogP contribution >= 0.6 is 0 Å². The Morgan fingerprint density at radius 3 is 2.17 bits per heavy atom. The Labute approximate surface area is 69.8 Å². The largest absolute Gasteiger partial charge is 0.401 e. The highest BCUT2D eigenvalue weighted by Gasteiger charge is 2.27. The Kier molecular flexibility index (Phi) is 4.55. The summed E-state index contributed by atoms with van der Waals surface area (Å²) >= 11 is 0. The van der Waals surface area contributed by atoms with Gasteiger partial charge in [-0.3, -0.25) is 0 Å². The Morgan fingerprint density at radius 2 is 1.83 bits per heavy atom. The molecule has 0 aliphatic carbocycles. The number of nitrogens with one attached hydrogen (secondary N) is 1. The molecule has 74 valence electrons. The first-order chi connectivity index (χ1) is 5.37. The second kappa shape index (κ2) is 4.67. The molecule has 5 heteroatoms. The van der Waals surface area contributed by atoms with Crippen molar-refractivity contribution in [2.75, 3.05) is 13.2 Å². The van der Waals surface area contributed by atoms with Crippen LogP contribution < -0.4 is 5.32 Å². The van der Waals surface area contributed by atoms with Gasteiger partial charge in [0.1, 0.15) is 0 Å². The van der Waals surface area contributed by atoms with E-state index in [0.29, 0.717) is 0 Å². The lowest BCUT2D eigenvalue weighted by atomic mass is 10.1. The molecule has 0 aromatic rings. The lowest BCUT2D eigenvalue weighted by Crippen LogP contribution is -2.39. The lowest BCUT2D eigenvalue weighted by molar-refractivity contribution is -0.126. The molecule has 0 amide bonds. The highest BCUT2D eigenvalue weighted by Crippen LogP contribution is 2.13. The van der Waals surface area contributed by atoms with Crippen molar-refractivity contribution < 1.29 is 18.3 Å². The van der Waals surface area contributed by atoms with E-state index < -0.39 is 12.7 Å². The van der Waals surface area contributed by atoms with Gasteiger partial charge in [-0.25, -0.2) is 0 Å². The second-order valence-corrected chi connectivity index (χ2v) is 2.94. The maximum absolute atomic E-state index is 11.7. The average molecular weight is 185 g/mol. The molecule has 2 unspecified atom stereocenters. The zero-order valence-corrected chi connectivity index (χ0v) is 7.15. The highest BCUT2D eigenvalue weighted by atomic mass is 19.4. The van der Waals surface area contributed by atoms with Crippen LogP contribution in [0.25, 0.3) is 0 Å². The maximum Gasteiger partial charge on any atom is 0.401 e. The van der Waals surface area contributed by atoms with Gasteiger partial charge >= 0.3 is 6.18 Å². The summed E-state index contributed by atoms with van der Waals surface area (Å²) < 4.78 is 35.0. The minimum Gasteiger partial charge on any atom is -0.396 e. The molecule has 0 aliphatic heterocycles. The molecule has 0 heterocycles. The number of aliphatic hydroxyl groups excluding tert-OH is 1. The summed E-state index contributed by atoms with van der Waals surface area (Å²) in [5.74, 6) is -0.160. The number of rotatable bonds is 4. The molecule has 12 heavy (non-hydrogen) atoms. The van der Waals surface area contributed by atoms with E-state index >= 15 is 0 Å². The quantitative estimate of drug-likeness (QED) is 0.688. The number of hydrogen-bond acceptors (Lipinski definition) is 2. The third-order valence-corrected chi connectivity index (χ3v) is 1.77. The summed E-state index contributed by atoms with van der Waals surface area (Å²) in [4.78, 5) is 0. The van der Waals surface area contributed by atoms with E-state index in [9.17, 15) is 13.2 Å². The van der Waals surface area contributed by atoms with E-state index in [1.54, 1.807) is 13.8 Å². The van der Waals surface area contributed by atoms with Crippen molar-refractivity contribution in [3.8, 4) is 0 Å². The number of alkyl halides is 3. The van der Waals surface area contributed by atoms with Crippen LogP contribution in [0, 0.1) is 5.92 Å². The van der Waals surface area contributed by atoms with E-state index in [1.165, 1.54) is 0 Å². The predicted octanol–water partition coefficient (Wildman–Crippen LogP) is 1.16. The molecule has 0 radical (unpaired) electrons. The van der Waals surface area contributed by atoms with Crippen LogP contribution in [0.5, 0.6) is 0 Å². The number of aliphatic hydroxyl groups is 1. The zero-order chi connectivity index (χ0) is 9.78. The molecular formula is C7H14F3NO. The van der Waals surface area contributed by atoms with Gasteiger partial charge < -0.3 is 10.4 Å². The first-order valence-corrected chi connectivity index (χ1v) is 3.78. The summed E-state index contributed by atoms with van der Waals surface area (Å²) in [5.41, 5.74) is 0. The molecule has 2 atom stereocenters. The fourth-order valence-electron chi connectivity index (χ4n) is 0.636. The van der Waals surface area contributed by atoms with Gasteiger partial charge in [0.15, 0.2) is 0 Å². The summed E-state index contributed by atoms with van der Waals surface area (Å²) in [6, 6.07) is -0.323. The van der Waals surface area contributed by atoms with Crippen molar-refractivity contribution in [3.63, 3.8) is 0 Å². The van der Waals surface area contributed by atoms with Crippen molar-refractivity contribution in [3.05, 3.63) is 0 Å². The molecule has 0 spiro atoms. The van der Waals surface area contributed by atoms with E-state index in [4.69, 9.17) is 5.11 Å². The lowest BCUT2D eigenvalue weighted by Gasteiger charge is -2.19. The van der Waals surface area contributed by atoms with Crippen LogP contribution in [0.4, 0.5) is 13.2 Å². The fraction of sp³-hybridized carbons (Fsp3) is 1.00. The fourth-order valence-corrected chi connectivity index (χ4v) is 0.636. The molecule has 0 saturated carbocycles. The molecule has 0 fully saturated rings. The van der Waals surface area contributed by atoms with Gasteiger partial charge in [-0.05, 0) is 12.8 Å². The van der Waals surface area contributed by atoms with E-state index in [-0.39, 0.29) is 18.6 Å². The van der Waals surface area contributed by atoms with Crippen LogP contribution in [-0.4, -0.2) is 30.5 Å². The van der Waals surface area contributed by atoms with Crippen LogP contribution in [0.2, 0.25) is 0 Å². The normalized spacial score (nSPS) is 17.5. The standard InChI is InChI=1S/C7H14F3NO/c1-5(3-12)6(2)11-4-7(8,9)10/h5-6,11-12H,3-4H2,1-2H3. The topological polar surface area (TPSA) is 32.3 Å². The van der Waals surface area contributed by atoms with Gasteiger partial charge in [0.25, 0.3) is 0 Å².